The van der Waals surface area contributed by atoms with Gasteiger partial charge in [-0.25, -0.2) is 0 Å². The average Bonchev–Trinajstić information content (AvgIpc) is 2.53. The molecule has 0 aromatic carbocycles. The highest BCUT2D eigenvalue weighted by Gasteiger charge is 2.23. The maximum absolute atomic E-state index is 12.1. The second kappa shape index (κ2) is 11.8. The predicted molar refractivity (Wildman–Crippen MR) is 91.4 cm³/mol. The van der Waals surface area contributed by atoms with Crippen molar-refractivity contribution in [1.82, 2.24) is 4.90 Å². The highest BCUT2D eigenvalue weighted by molar-refractivity contribution is 5.87. The van der Waals surface area contributed by atoms with Crippen LogP contribution in [0.3, 0.4) is 0 Å². The molecule has 1 aliphatic carbocycles. The second-order valence-electron chi connectivity index (χ2n) is 6.50. The third-order valence-corrected chi connectivity index (χ3v) is 4.73. The lowest BCUT2D eigenvalue weighted by molar-refractivity contribution is -0.129. The molecule has 1 rings (SSSR count). The molecular formula is C19H35NO. The van der Waals surface area contributed by atoms with Crippen molar-refractivity contribution >= 4 is 5.91 Å². The summed E-state index contributed by atoms with van der Waals surface area (Å²) in [6.07, 6.45) is 18.4. The number of unbranched alkanes of at least 4 members (excludes halogenated alkanes) is 7. The molecule has 2 heteroatoms. The summed E-state index contributed by atoms with van der Waals surface area (Å²) in [6, 6.07) is 0.480. The van der Waals surface area contributed by atoms with Crippen LogP contribution in [0, 0.1) is 0 Å². The van der Waals surface area contributed by atoms with E-state index in [4.69, 9.17) is 0 Å². The van der Waals surface area contributed by atoms with Gasteiger partial charge in [-0.1, -0.05) is 77.7 Å². The molecule has 0 aromatic heterocycles. The summed E-state index contributed by atoms with van der Waals surface area (Å²) in [5.74, 6) is 0.143. The summed E-state index contributed by atoms with van der Waals surface area (Å²) < 4.78 is 0. The Morgan fingerprint density at radius 3 is 2.14 bits per heavy atom. The van der Waals surface area contributed by atoms with Crippen LogP contribution in [0.2, 0.25) is 0 Å². The zero-order valence-electron chi connectivity index (χ0n) is 14.1. The number of amides is 1. The quantitative estimate of drug-likeness (QED) is 0.365. The fourth-order valence-electron chi connectivity index (χ4n) is 3.40. The molecule has 1 fully saturated rings. The lowest BCUT2D eigenvalue weighted by Gasteiger charge is -2.33. The summed E-state index contributed by atoms with van der Waals surface area (Å²) >= 11 is 0. The van der Waals surface area contributed by atoms with Gasteiger partial charge in [-0.05, 0) is 25.3 Å². The van der Waals surface area contributed by atoms with Gasteiger partial charge in [0.15, 0.2) is 0 Å². The van der Waals surface area contributed by atoms with Gasteiger partial charge in [0.05, 0.1) is 0 Å². The molecule has 122 valence electrons. The first-order valence-corrected chi connectivity index (χ1v) is 9.22. The van der Waals surface area contributed by atoms with E-state index in [1.807, 2.05) is 0 Å². The second-order valence-corrected chi connectivity index (χ2v) is 6.50. The molecular weight excluding hydrogens is 258 g/mol. The Bertz CT molecular complexity index is 281. The van der Waals surface area contributed by atoms with Crippen LogP contribution in [0.5, 0.6) is 0 Å². The van der Waals surface area contributed by atoms with E-state index in [-0.39, 0.29) is 5.91 Å². The van der Waals surface area contributed by atoms with Gasteiger partial charge in [-0.2, -0.15) is 0 Å². The Balaban J connectivity index is 2.17. The van der Waals surface area contributed by atoms with Crippen LogP contribution in [0.15, 0.2) is 12.7 Å². The molecule has 0 aliphatic heterocycles. The van der Waals surface area contributed by atoms with Gasteiger partial charge in [0.1, 0.15) is 0 Å². The first-order valence-electron chi connectivity index (χ1n) is 9.22. The van der Waals surface area contributed by atoms with Crippen molar-refractivity contribution in [3.63, 3.8) is 0 Å². The van der Waals surface area contributed by atoms with Crippen LogP contribution >= 0.6 is 0 Å². The summed E-state index contributed by atoms with van der Waals surface area (Å²) in [5, 5.41) is 0. The standard InChI is InChI=1S/C19H35NO/c1-3-5-6-7-8-9-10-14-17-20(19(21)4-2)18-15-12-11-13-16-18/h4,18H,2-3,5-17H2,1H3. The van der Waals surface area contributed by atoms with Gasteiger partial charge < -0.3 is 4.90 Å². The Hall–Kier alpha value is -0.790. The average molecular weight is 293 g/mol. The Morgan fingerprint density at radius 2 is 1.57 bits per heavy atom. The normalized spacial score (nSPS) is 15.9. The molecule has 0 spiro atoms. The number of carbonyl (C=O) groups excluding carboxylic acids is 1. The van der Waals surface area contributed by atoms with Crippen LogP contribution in [0.1, 0.15) is 90.4 Å². The molecule has 1 amide bonds. The first kappa shape index (κ1) is 18.3. The summed E-state index contributed by atoms with van der Waals surface area (Å²) in [7, 11) is 0. The molecule has 0 heterocycles. The lowest BCUT2D eigenvalue weighted by atomic mass is 9.94. The zero-order chi connectivity index (χ0) is 15.3. The van der Waals surface area contributed by atoms with Crippen molar-refractivity contribution in [2.75, 3.05) is 6.54 Å². The molecule has 0 atom stereocenters. The molecule has 1 aliphatic rings. The molecule has 0 radical (unpaired) electrons. The third-order valence-electron chi connectivity index (χ3n) is 4.73. The van der Waals surface area contributed by atoms with Crippen LogP contribution in [0.4, 0.5) is 0 Å². The minimum Gasteiger partial charge on any atom is -0.336 e. The lowest BCUT2D eigenvalue weighted by Crippen LogP contribution is -2.41. The summed E-state index contributed by atoms with van der Waals surface area (Å²) in [6.45, 7) is 6.87. The van der Waals surface area contributed by atoms with Crippen LogP contribution < -0.4 is 0 Å². The van der Waals surface area contributed by atoms with Crippen molar-refractivity contribution in [3.8, 4) is 0 Å². The highest BCUT2D eigenvalue weighted by atomic mass is 16.2. The van der Waals surface area contributed by atoms with Gasteiger partial charge >= 0.3 is 0 Å². The Kier molecular flexibility index (Phi) is 10.3. The third kappa shape index (κ3) is 7.68. The largest absolute Gasteiger partial charge is 0.336 e. The van der Waals surface area contributed by atoms with Gasteiger partial charge in [-0.15, -0.1) is 0 Å². The number of carbonyl (C=O) groups is 1. The van der Waals surface area contributed by atoms with E-state index in [9.17, 15) is 4.79 Å². The highest BCUT2D eigenvalue weighted by Crippen LogP contribution is 2.23. The zero-order valence-corrected chi connectivity index (χ0v) is 14.1. The smallest absolute Gasteiger partial charge is 0.246 e. The molecule has 0 bridgehead atoms. The molecule has 0 aromatic rings. The van der Waals surface area contributed by atoms with E-state index in [2.05, 4.69) is 18.4 Å². The SMILES string of the molecule is C=CC(=O)N(CCCCCCCCCC)C1CCCCC1. The number of hydrogen-bond donors (Lipinski definition) is 0. The van der Waals surface area contributed by atoms with Crippen LogP contribution in [-0.4, -0.2) is 23.4 Å². The van der Waals surface area contributed by atoms with Crippen molar-refractivity contribution in [2.24, 2.45) is 0 Å². The number of rotatable bonds is 11. The van der Waals surface area contributed by atoms with E-state index in [0.717, 1.165) is 13.0 Å². The first-order chi connectivity index (χ1) is 10.3. The molecule has 0 unspecified atom stereocenters. The van der Waals surface area contributed by atoms with Crippen molar-refractivity contribution in [3.05, 3.63) is 12.7 Å². The predicted octanol–water partition coefficient (Wildman–Crippen LogP) is 5.47. The molecule has 0 N–H and O–H groups in total. The van der Waals surface area contributed by atoms with Crippen LogP contribution in [0.25, 0.3) is 0 Å². The molecule has 21 heavy (non-hydrogen) atoms. The van der Waals surface area contributed by atoms with E-state index in [0.29, 0.717) is 6.04 Å². The molecule has 0 saturated heterocycles. The fraction of sp³-hybridized carbons (Fsp3) is 0.842. The number of hydrogen-bond acceptors (Lipinski definition) is 1. The van der Waals surface area contributed by atoms with Gasteiger partial charge in [0, 0.05) is 12.6 Å². The van der Waals surface area contributed by atoms with Gasteiger partial charge in [0.2, 0.25) is 5.91 Å². The van der Waals surface area contributed by atoms with E-state index in [1.54, 1.807) is 0 Å². The van der Waals surface area contributed by atoms with Gasteiger partial charge in [-0.3, -0.25) is 4.79 Å². The maximum Gasteiger partial charge on any atom is 0.246 e. The van der Waals surface area contributed by atoms with Crippen molar-refractivity contribution in [1.29, 1.82) is 0 Å². The minimum atomic E-state index is 0.143. The summed E-state index contributed by atoms with van der Waals surface area (Å²) in [4.78, 5) is 14.2. The van der Waals surface area contributed by atoms with Crippen LogP contribution in [-0.2, 0) is 4.79 Å². The van der Waals surface area contributed by atoms with E-state index >= 15 is 0 Å². The van der Waals surface area contributed by atoms with Crippen molar-refractivity contribution in [2.45, 2.75) is 96.4 Å². The minimum absolute atomic E-state index is 0.143. The molecule has 2 nitrogen and oxygen atoms in total. The monoisotopic (exact) mass is 293 g/mol. The Morgan fingerprint density at radius 1 is 1.00 bits per heavy atom. The fourth-order valence-corrected chi connectivity index (χ4v) is 3.40. The maximum atomic E-state index is 12.1. The van der Waals surface area contributed by atoms with Crippen molar-refractivity contribution < 1.29 is 4.79 Å². The van der Waals surface area contributed by atoms with Gasteiger partial charge in [0.25, 0.3) is 0 Å². The number of nitrogens with zero attached hydrogens (tertiary/aromatic N) is 1. The van der Waals surface area contributed by atoms with E-state index < -0.39 is 0 Å². The Labute approximate surface area is 132 Å². The van der Waals surface area contributed by atoms with E-state index in [1.165, 1.54) is 83.1 Å². The summed E-state index contributed by atoms with van der Waals surface area (Å²) in [5.41, 5.74) is 0. The topological polar surface area (TPSA) is 20.3 Å². The molecule has 1 saturated carbocycles.